The zero-order chi connectivity index (χ0) is 20.4. The van der Waals surface area contributed by atoms with Crippen LogP contribution in [0.5, 0.6) is 11.5 Å². The fourth-order valence-corrected chi connectivity index (χ4v) is 3.70. The number of allylic oxidation sites excluding steroid dienone is 1. The van der Waals surface area contributed by atoms with Gasteiger partial charge in [0.25, 0.3) is 0 Å². The Balaban J connectivity index is 1.98. The predicted molar refractivity (Wildman–Crippen MR) is 109 cm³/mol. The van der Waals surface area contributed by atoms with Crippen molar-refractivity contribution in [3.63, 3.8) is 0 Å². The molecule has 1 aromatic heterocycles. The third-order valence-electron chi connectivity index (χ3n) is 4.67. The van der Waals surface area contributed by atoms with E-state index in [9.17, 15) is 9.90 Å². The Morgan fingerprint density at radius 1 is 1.18 bits per heavy atom. The number of carbonyl (C=O) groups excluding carboxylic acids is 1. The van der Waals surface area contributed by atoms with Crippen molar-refractivity contribution in [2.24, 2.45) is 11.8 Å². The van der Waals surface area contributed by atoms with E-state index >= 15 is 0 Å². The first-order valence-corrected chi connectivity index (χ1v) is 9.81. The molecule has 0 bridgehead atoms. The SMILES string of the molecule is Cc1cc(O)c(CN(CC(C)C)CC(C)C)c2c1C(=O)/C(=C\c1ccco1)O2. The van der Waals surface area contributed by atoms with Crippen LogP contribution in [0.4, 0.5) is 0 Å². The molecule has 0 fully saturated rings. The molecule has 0 saturated carbocycles. The number of benzene rings is 1. The second kappa shape index (κ2) is 8.23. The quantitative estimate of drug-likeness (QED) is 0.680. The number of phenols is 1. The number of rotatable bonds is 7. The third kappa shape index (κ3) is 4.30. The molecular weight excluding hydrogens is 354 g/mol. The number of hydrogen-bond donors (Lipinski definition) is 1. The Hall–Kier alpha value is -2.53. The van der Waals surface area contributed by atoms with Crippen LogP contribution in [0.25, 0.3) is 6.08 Å². The Morgan fingerprint density at radius 2 is 1.86 bits per heavy atom. The van der Waals surface area contributed by atoms with E-state index in [1.807, 2.05) is 6.92 Å². The van der Waals surface area contributed by atoms with Gasteiger partial charge in [0.15, 0.2) is 5.76 Å². The molecule has 3 rings (SSSR count). The van der Waals surface area contributed by atoms with E-state index in [4.69, 9.17) is 9.15 Å². The van der Waals surface area contributed by atoms with Crippen molar-refractivity contribution in [2.45, 2.75) is 41.2 Å². The minimum atomic E-state index is -0.176. The maximum atomic E-state index is 12.9. The highest BCUT2D eigenvalue weighted by atomic mass is 16.5. The van der Waals surface area contributed by atoms with E-state index in [0.29, 0.717) is 46.6 Å². The highest BCUT2D eigenvalue weighted by Gasteiger charge is 2.34. The van der Waals surface area contributed by atoms with Crippen LogP contribution in [0.2, 0.25) is 0 Å². The fourth-order valence-electron chi connectivity index (χ4n) is 3.70. The summed E-state index contributed by atoms with van der Waals surface area (Å²) in [6, 6.07) is 5.19. The molecule has 0 saturated heterocycles. The molecule has 0 spiro atoms. The van der Waals surface area contributed by atoms with Gasteiger partial charge in [0.2, 0.25) is 5.78 Å². The van der Waals surface area contributed by atoms with Crippen molar-refractivity contribution in [2.75, 3.05) is 13.1 Å². The molecule has 5 heteroatoms. The summed E-state index contributed by atoms with van der Waals surface area (Å²) in [6.45, 7) is 12.9. The molecule has 0 atom stereocenters. The molecule has 0 unspecified atom stereocenters. The third-order valence-corrected chi connectivity index (χ3v) is 4.67. The van der Waals surface area contributed by atoms with E-state index in [1.165, 1.54) is 0 Å². The van der Waals surface area contributed by atoms with Gasteiger partial charge in [-0.05, 0) is 42.5 Å². The number of ether oxygens (including phenoxy) is 1. The highest BCUT2D eigenvalue weighted by Crippen LogP contribution is 2.42. The molecule has 2 heterocycles. The van der Waals surface area contributed by atoms with Crippen LogP contribution in [-0.2, 0) is 6.54 Å². The number of aryl methyl sites for hydroxylation is 1. The van der Waals surface area contributed by atoms with E-state index in [0.717, 1.165) is 13.1 Å². The van der Waals surface area contributed by atoms with Crippen molar-refractivity contribution in [3.8, 4) is 11.5 Å². The average Bonchev–Trinajstić information content (AvgIpc) is 3.19. The lowest BCUT2D eigenvalue weighted by Crippen LogP contribution is -2.31. The maximum absolute atomic E-state index is 12.9. The number of ketones is 1. The summed E-state index contributed by atoms with van der Waals surface area (Å²) in [5.74, 6) is 2.23. The normalized spacial score (nSPS) is 15.1. The van der Waals surface area contributed by atoms with Crippen LogP contribution in [0.3, 0.4) is 0 Å². The summed E-state index contributed by atoms with van der Waals surface area (Å²) in [6.07, 6.45) is 3.15. The van der Waals surface area contributed by atoms with E-state index in [1.54, 1.807) is 30.5 Å². The summed E-state index contributed by atoms with van der Waals surface area (Å²) < 4.78 is 11.3. The van der Waals surface area contributed by atoms with Gasteiger partial charge in [-0.2, -0.15) is 0 Å². The zero-order valence-electron chi connectivity index (χ0n) is 17.3. The van der Waals surface area contributed by atoms with Crippen LogP contribution in [0, 0.1) is 18.8 Å². The Labute approximate surface area is 166 Å². The summed E-state index contributed by atoms with van der Waals surface area (Å²) in [5.41, 5.74) is 1.90. The number of aromatic hydroxyl groups is 1. The fraction of sp³-hybridized carbons (Fsp3) is 0.435. The largest absolute Gasteiger partial charge is 0.507 e. The predicted octanol–water partition coefficient (Wildman–Crippen LogP) is 5.02. The van der Waals surface area contributed by atoms with Gasteiger partial charge in [0, 0.05) is 25.7 Å². The van der Waals surface area contributed by atoms with Crippen LogP contribution in [0.1, 0.15) is 54.9 Å². The van der Waals surface area contributed by atoms with Gasteiger partial charge in [-0.15, -0.1) is 0 Å². The molecule has 28 heavy (non-hydrogen) atoms. The van der Waals surface area contributed by atoms with Gasteiger partial charge in [-0.25, -0.2) is 0 Å². The van der Waals surface area contributed by atoms with Gasteiger partial charge in [0.1, 0.15) is 17.3 Å². The highest BCUT2D eigenvalue weighted by molar-refractivity contribution is 6.15. The lowest BCUT2D eigenvalue weighted by molar-refractivity contribution is 0.101. The monoisotopic (exact) mass is 383 g/mol. The first-order valence-electron chi connectivity index (χ1n) is 9.81. The number of fused-ring (bicyclic) bond motifs is 1. The van der Waals surface area contributed by atoms with Crippen LogP contribution in [0.15, 0.2) is 34.6 Å². The van der Waals surface area contributed by atoms with Crippen LogP contribution >= 0.6 is 0 Å². The summed E-state index contributed by atoms with van der Waals surface area (Å²) in [4.78, 5) is 15.2. The van der Waals surface area contributed by atoms with Crippen molar-refractivity contribution < 1.29 is 19.1 Å². The number of nitrogens with zero attached hydrogens (tertiary/aromatic N) is 1. The Kier molecular flexibility index (Phi) is 5.94. The van der Waals surface area contributed by atoms with Crippen LogP contribution < -0.4 is 4.74 Å². The van der Waals surface area contributed by atoms with Crippen molar-refractivity contribution >= 4 is 11.9 Å². The van der Waals surface area contributed by atoms with E-state index in [-0.39, 0.29) is 17.3 Å². The molecular formula is C23H29NO4. The topological polar surface area (TPSA) is 62.9 Å². The molecule has 1 aliphatic rings. The Bertz CT molecular complexity index is 869. The molecule has 5 nitrogen and oxygen atoms in total. The van der Waals surface area contributed by atoms with Gasteiger partial charge >= 0.3 is 0 Å². The zero-order valence-corrected chi connectivity index (χ0v) is 17.3. The second-order valence-corrected chi connectivity index (χ2v) is 8.33. The molecule has 0 amide bonds. The molecule has 1 aromatic carbocycles. The standard InChI is InChI=1S/C23H29NO4/c1-14(2)11-24(12-15(3)4)13-18-19(25)9-16(5)21-22(26)20(28-23(18)21)10-17-7-6-8-27-17/h6-10,14-15,25H,11-13H2,1-5H3/b20-10+. The first-order chi connectivity index (χ1) is 13.3. The van der Waals surface area contributed by atoms with Crippen molar-refractivity contribution in [1.29, 1.82) is 0 Å². The minimum Gasteiger partial charge on any atom is -0.507 e. The maximum Gasteiger partial charge on any atom is 0.232 e. The number of hydrogen-bond acceptors (Lipinski definition) is 5. The van der Waals surface area contributed by atoms with Crippen LogP contribution in [-0.4, -0.2) is 28.9 Å². The lowest BCUT2D eigenvalue weighted by atomic mass is 9.99. The van der Waals surface area contributed by atoms with Gasteiger partial charge in [-0.3, -0.25) is 9.69 Å². The number of furan rings is 1. The number of phenolic OH excluding ortho intramolecular Hbond substituents is 1. The molecule has 1 N–H and O–H groups in total. The average molecular weight is 383 g/mol. The smallest absolute Gasteiger partial charge is 0.232 e. The van der Waals surface area contributed by atoms with Crippen molar-refractivity contribution in [1.82, 2.24) is 4.90 Å². The summed E-state index contributed by atoms with van der Waals surface area (Å²) in [5, 5.41) is 10.6. The van der Waals surface area contributed by atoms with Crippen molar-refractivity contribution in [3.05, 3.63) is 52.7 Å². The van der Waals surface area contributed by atoms with E-state index in [2.05, 4.69) is 32.6 Å². The molecule has 0 aliphatic carbocycles. The Morgan fingerprint density at radius 3 is 2.43 bits per heavy atom. The first kappa shape index (κ1) is 20.2. The van der Waals surface area contributed by atoms with E-state index < -0.39 is 0 Å². The van der Waals surface area contributed by atoms with Gasteiger partial charge in [-0.1, -0.05) is 27.7 Å². The molecule has 150 valence electrons. The summed E-state index contributed by atoms with van der Waals surface area (Å²) in [7, 11) is 0. The number of carbonyl (C=O) groups is 1. The van der Waals surface area contributed by atoms with Gasteiger partial charge in [0.05, 0.1) is 17.4 Å². The molecule has 0 radical (unpaired) electrons. The molecule has 2 aromatic rings. The summed E-state index contributed by atoms with van der Waals surface area (Å²) >= 11 is 0. The number of Topliss-reactive ketones (excluding diaryl/α,β-unsaturated/α-hetero) is 1. The van der Waals surface area contributed by atoms with Gasteiger partial charge < -0.3 is 14.3 Å². The molecule has 1 aliphatic heterocycles. The lowest BCUT2D eigenvalue weighted by Gasteiger charge is -2.27. The second-order valence-electron chi connectivity index (χ2n) is 8.33. The minimum absolute atomic E-state index is 0.167.